The van der Waals surface area contributed by atoms with E-state index in [9.17, 15) is 29.3 Å². The number of barbiturate groups is 1. The van der Waals surface area contributed by atoms with Gasteiger partial charge in [-0.1, -0.05) is 49.4 Å². The molecular weight excluding hydrogens is 378 g/mol. The number of benzene rings is 2. The Hall–Kier alpha value is -3.88. The third kappa shape index (κ3) is 2.87. The minimum Gasteiger partial charge on any atom is -0.273 e. The van der Waals surface area contributed by atoms with Crippen LogP contribution in [0.5, 0.6) is 0 Å². The first-order chi connectivity index (χ1) is 13.8. The maximum atomic E-state index is 13.4. The Morgan fingerprint density at radius 3 is 2.17 bits per heavy atom. The zero-order valence-corrected chi connectivity index (χ0v) is 15.7. The Morgan fingerprint density at radius 2 is 1.59 bits per heavy atom. The first-order valence-electron chi connectivity index (χ1n) is 8.77. The lowest BCUT2D eigenvalue weighted by atomic mass is 9.74. The maximum Gasteiger partial charge on any atom is 0.340 e. The van der Waals surface area contributed by atoms with Crippen LogP contribution in [-0.2, 0) is 15.0 Å². The van der Waals surface area contributed by atoms with Crippen molar-refractivity contribution in [3.05, 3.63) is 75.8 Å². The van der Waals surface area contributed by atoms with Crippen LogP contribution in [-0.4, -0.2) is 45.5 Å². The minimum absolute atomic E-state index is 0.00698. The van der Waals surface area contributed by atoms with Gasteiger partial charge in [0.1, 0.15) is 5.56 Å². The smallest absolute Gasteiger partial charge is 0.273 e. The summed E-state index contributed by atoms with van der Waals surface area (Å²) in [6, 6.07) is 12.0. The Labute approximate surface area is 165 Å². The van der Waals surface area contributed by atoms with Crippen molar-refractivity contribution in [2.24, 2.45) is 0 Å². The number of hydrogen-bond acceptors (Lipinski definition) is 6. The summed E-state index contributed by atoms with van der Waals surface area (Å²) in [7, 11) is 1.17. The Kier molecular flexibility index (Phi) is 4.98. The van der Waals surface area contributed by atoms with Crippen molar-refractivity contribution in [1.82, 2.24) is 9.80 Å². The molecule has 148 valence electrons. The van der Waals surface area contributed by atoms with Crippen molar-refractivity contribution in [2.75, 3.05) is 7.05 Å². The van der Waals surface area contributed by atoms with E-state index in [0.717, 1.165) is 12.1 Å². The number of likely N-dealkylation sites (N-methyl/N-ethyl adjacent to an activating group) is 1. The first-order valence-corrected chi connectivity index (χ1v) is 8.77. The van der Waals surface area contributed by atoms with E-state index < -0.39 is 45.3 Å². The second kappa shape index (κ2) is 7.27. The van der Waals surface area contributed by atoms with Crippen molar-refractivity contribution in [2.45, 2.75) is 18.8 Å². The van der Waals surface area contributed by atoms with Crippen LogP contribution in [0.2, 0.25) is 0 Å². The third-order valence-electron chi connectivity index (χ3n) is 5.05. The van der Waals surface area contributed by atoms with Gasteiger partial charge in [-0.05, 0) is 18.1 Å². The molecule has 1 heterocycles. The molecule has 9 nitrogen and oxygen atoms in total. The van der Waals surface area contributed by atoms with Crippen molar-refractivity contribution < 1.29 is 24.1 Å². The second-order valence-corrected chi connectivity index (χ2v) is 6.49. The first kappa shape index (κ1) is 19.9. The predicted octanol–water partition coefficient (Wildman–Crippen LogP) is 2.50. The summed E-state index contributed by atoms with van der Waals surface area (Å²) in [4.78, 5) is 63.7. The number of nitro groups is 1. The van der Waals surface area contributed by atoms with Gasteiger partial charge in [0.05, 0.1) is 4.92 Å². The molecule has 0 aliphatic carbocycles. The summed E-state index contributed by atoms with van der Waals surface area (Å²) in [5.74, 6) is -2.93. The van der Waals surface area contributed by atoms with Gasteiger partial charge in [0.2, 0.25) is 0 Å². The molecule has 0 saturated carbocycles. The lowest BCUT2D eigenvalue weighted by Gasteiger charge is -2.41. The van der Waals surface area contributed by atoms with E-state index >= 15 is 0 Å². The van der Waals surface area contributed by atoms with Crippen molar-refractivity contribution in [3.63, 3.8) is 0 Å². The lowest BCUT2D eigenvalue weighted by Crippen LogP contribution is -2.67. The number of imide groups is 4. The number of urea groups is 1. The van der Waals surface area contributed by atoms with Gasteiger partial charge in [0.25, 0.3) is 23.4 Å². The maximum absolute atomic E-state index is 13.4. The topological polar surface area (TPSA) is 118 Å². The molecule has 1 aliphatic heterocycles. The number of nitrogens with zero attached hydrogens (tertiary/aromatic N) is 3. The van der Waals surface area contributed by atoms with Gasteiger partial charge in [-0.3, -0.25) is 29.4 Å². The normalized spacial score (nSPS) is 19.4. The number of amides is 5. The summed E-state index contributed by atoms with van der Waals surface area (Å²) in [6.07, 6.45) is -0.00698. The lowest BCUT2D eigenvalue weighted by molar-refractivity contribution is -0.385. The zero-order valence-electron chi connectivity index (χ0n) is 15.7. The summed E-state index contributed by atoms with van der Waals surface area (Å²) >= 11 is 0. The van der Waals surface area contributed by atoms with Crippen LogP contribution in [0.1, 0.15) is 29.3 Å². The van der Waals surface area contributed by atoms with E-state index in [1.54, 1.807) is 37.3 Å². The molecule has 2 aromatic carbocycles. The molecule has 1 aliphatic rings. The highest BCUT2D eigenvalue weighted by molar-refractivity contribution is 6.30. The van der Waals surface area contributed by atoms with Gasteiger partial charge in [-0.2, -0.15) is 4.90 Å². The Bertz CT molecular complexity index is 1040. The fraction of sp³-hybridized carbons (Fsp3) is 0.200. The number of hydrogen-bond donors (Lipinski definition) is 0. The molecule has 9 heteroatoms. The van der Waals surface area contributed by atoms with Gasteiger partial charge < -0.3 is 0 Å². The van der Waals surface area contributed by atoms with Crippen LogP contribution in [0, 0.1) is 10.1 Å². The van der Waals surface area contributed by atoms with E-state index in [2.05, 4.69) is 0 Å². The highest BCUT2D eigenvalue weighted by Crippen LogP contribution is 2.37. The molecule has 0 bridgehead atoms. The molecular formula is C20H17N3O6. The van der Waals surface area contributed by atoms with Crippen LogP contribution in [0.4, 0.5) is 10.5 Å². The van der Waals surface area contributed by atoms with E-state index in [1.807, 2.05) is 0 Å². The molecule has 29 heavy (non-hydrogen) atoms. The molecule has 0 N–H and O–H groups in total. The second-order valence-electron chi connectivity index (χ2n) is 6.49. The van der Waals surface area contributed by atoms with Crippen LogP contribution in [0.25, 0.3) is 0 Å². The van der Waals surface area contributed by atoms with Crippen molar-refractivity contribution in [1.29, 1.82) is 0 Å². The minimum atomic E-state index is -1.79. The molecule has 0 spiro atoms. The van der Waals surface area contributed by atoms with E-state index in [-0.39, 0.29) is 6.42 Å². The van der Waals surface area contributed by atoms with E-state index in [4.69, 9.17) is 0 Å². The molecule has 1 fully saturated rings. The molecule has 0 aromatic heterocycles. The number of carbonyl (C=O) groups is 4. The Morgan fingerprint density at radius 1 is 1.00 bits per heavy atom. The molecule has 5 amide bonds. The van der Waals surface area contributed by atoms with Crippen molar-refractivity contribution >= 4 is 29.4 Å². The van der Waals surface area contributed by atoms with Crippen LogP contribution >= 0.6 is 0 Å². The fourth-order valence-electron chi connectivity index (χ4n) is 3.48. The van der Waals surface area contributed by atoms with Crippen molar-refractivity contribution in [3.8, 4) is 0 Å². The highest BCUT2D eigenvalue weighted by Gasteiger charge is 2.58. The number of para-hydroxylation sites is 1. The van der Waals surface area contributed by atoms with E-state index in [1.165, 1.54) is 19.2 Å². The summed E-state index contributed by atoms with van der Waals surface area (Å²) < 4.78 is 0. The summed E-state index contributed by atoms with van der Waals surface area (Å²) in [5.41, 5.74) is -2.42. The molecule has 1 atom stereocenters. The SMILES string of the molecule is CCC1(c2ccccc2)C(=O)N(C)C(=O)N(C(=O)c2ccccc2[N+](=O)[O-])C1=O. The van der Waals surface area contributed by atoms with Gasteiger partial charge in [-0.25, -0.2) is 4.79 Å². The average molecular weight is 395 g/mol. The zero-order chi connectivity index (χ0) is 21.3. The molecule has 1 saturated heterocycles. The monoisotopic (exact) mass is 395 g/mol. The van der Waals surface area contributed by atoms with Gasteiger partial charge in [0, 0.05) is 13.1 Å². The predicted molar refractivity (Wildman–Crippen MR) is 101 cm³/mol. The van der Waals surface area contributed by atoms with Crippen LogP contribution in [0.15, 0.2) is 54.6 Å². The number of rotatable bonds is 4. The Balaban J connectivity index is 2.19. The third-order valence-corrected chi connectivity index (χ3v) is 5.05. The summed E-state index contributed by atoms with van der Waals surface area (Å²) in [6.45, 7) is 1.60. The summed E-state index contributed by atoms with van der Waals surface area (Å²) in [5, 5.41) is 11.3. The highest BCUT2D eigenvalue weighted by atomic mass is 16.6. The standard InChI is InChI=1S/C20H17N3O6/c1-3-20(13-9-5-4-6-10-13)17(25)21(2)19(27)22(18(20)26)16(24)14-11-7-8-12-15(14)23(28)29/h4-12H,3H2,1-2H3. The van der Waals surface area contributed by atoms with Crippen LogP contribution in [0.3, 0.4) is 0 Å². The number of carbonyl (C=O) groups excluding carboxylic acids is 4. The molecule has 1 unspecified atom stereocenters. The van der Waals surface area contributed by atoms with E-state index in [0.29, 0.717) is 15.4 Å². The van der Waals surface area contributed by atoms with Gasteiger partial charge in [-0.15, -0.1) is 0 Å². The average Bonchev–Trinajstić information content (AvgIpc) is 2.73. The van der Waals surface area contributed by atoms with Gasteiger partial charge >= 0.3 is 6.03 Å². The molecule has 3 rings (SSSR count). The largest absolute Gasteiger partial charge is 0.340 e. The number of nitro benzene ring substituents is 1. The fourth-order valence-corrected chi connectivity index (χ4v) is 3.48. The molecule has 2 aromatic rings. The molecule has 0 radical (unpaired) electrons. The van der Waals surface area contributed by atoms with Crippen LogP contribution < -0.4 is 0 Å². The quantitative estimate of drug-likeness (QED) is 0.340. The van der Waals surface area contributed by atoms with Gasteiger partial charge in [0.15, 0.2) is 5.41 Å².